The molecule has 0 bridgehead atoms. The van der Waals surface area contributed by atoms with Crippen molar-refractivity contribution < 1.29 is 18.3 Å². The first kappa shape index (κ1) is 23.1. The number of carbonyl (C=O) groups excluding carboxylic acids is 1. The van der Waals surface area contributed by atoms with Crippen LogP contribution in [0.25, 0.3) is 32.1 Å². The van der Waals surface area contributed by atoms with E-state index in [9.17, 15) is 19.2 Å². The SMILES string of the molecule is CC(C)(C)OC(=O)c1sc2c(F)ccc(-c3c(Cl)cc4c(=O)[nH]c(Cl)nc4c3F)c2c1C#N. The average Bonchev–Trinajstić information content (AvgIpc) is 3.10. The van der Waals surface area contributed by atoms with Gasteiger partial charge in [-0.2, -0.15) is 5.26 Å². The number of fused-ring (bicyclic) bond motifs is 2. The summed E-state index contributed by atoms with van der Waals surface area (Å²) in [7, 11) is 0. The number of nitriles is 1. The molecule has 0 spiro atoms. The molecule has 6 nitrogen and oxygen atoms in total. The normalized spacial score (nSPS) is 11.7. The van der Waals surface area contributed by atoms with E-state index in [1.807, 2.05) is 6.07 Å². The number of aromatic amines is 1. The number of H-pyrrole nitrogens is 1. The van der Waals surface area contributed by atoms with Crippen molar-refractivity contribution in [3.8, 4) is 17.2 Å². The summed E-state index contributed by atoms with van der Waals surface area (Å²) in [4.78, 5) is 30.8. The molecule has 0 radical (unpaired) electrons. The minimum Gasteiger partial charge on any atom is -0.456 e. The summed E-state index contributed by atoms with van der Waals surface area (Å²) in [6.07, 6.45) is 0. The summed E-state index contributed by atoms with van der Waals surface area (Å²) in [6.45, 7) is 4.96. The smallest absolute Gasteiger partial charge is 0.350 e. The third kappa shape index (κ3) is 3.95. The van der Waals surface area contributed by atoms with Gasteiger partial charge in [-0.3, -0.25) is 9.78 Å². The van der Waals surface area contributed by atoms with Crippen LogP contribution in [0.2, 0.25) is 10.3 Å². The number of nitrogens with one attached hydrogen (secondary N) is 1. The highest BCUT2D eigenvalue weighted by atomic mass is 35.5. The molecule has 0 saturated heterocycles. The van der Waals surface area contributed by atoms with Gasteiger partial charge in [0.1, 0.15) is 27.9 Å². The summed E-state index contributed by atoms with van der Waals surface area (Å²) < 4.78 is 35.6. The first-order chi connectivity index (χ1) is 15.4. The maximum Gasteiger partial charge on any atom is 0.350 e. The lowest BCUT2D eigenvalue weighted by Crippen LogP contribution is -2.23. The average molecular weight is 508 g/mol. The molecular formula is C22H13Cl2F2N3O3S. The van der Waals surface area contributed by atoms with E-state index in [2.05, 4.69) is 9.97 Å². The molecule has 0 aliphatic rings. The number of thiophene rings is 1. The number of esters is 1. The number of ether oxygens (including phenoxy) is 1. The fraction of sp³-hybridized carbons (Fsp3) is 0.182. The van der Waals surface area contributed by atoms with E-state index in [1.54, 1.807) is 20.8 Å². The van der Waals surface area contributed by atoms with Gasteiger partial charge in [-0.15, -0.1) is 11.3 Å². The molecule has 2 aromatic carbocycles. The van der Waals surface area contributed by atoms with Crippen molar-refractivity contribution in [1.82, 2.24) is 9.97 Å². The molecule has 2 aromatic heterocycles. The number of aromatic nitrogens is 2. The number of hydrogen-bond acceptors (Lipinski definition) is 6. The predicted octanol–water partition coefficient (Wildman–Crippen LogP) is 6.22. The first-order valence-electron chi connectivity index (χ1n) is 9.39. The Balaban J connectivity index is 2.09. The van der Waals surface area contributed by atoms with Crippen LogP contribution < -0.4 is 5.56 Å². The van der Waals surface area contributed by atoms with Gasteiger partial charge < -0.3 is 4.74 Å². The number of rotatable bonds is 2. The van der Waals surface area contributed by atoms with Crippen molar-refractivity contribution in [2.75, 3.05) is 0 Å². The zero-order valence-electron chi connectivity index (χ0n) is 17.3. The van der Waals surface area contributed by atoms with Crippen LogP contribution in [0, 0.1) is 23.0 Å². The highest BCUT2D eigenvalue weighted by Gasteiger charge is 2.29. The van der Waals surface area contributed by atoms with Crippen LogP contribution in [0.5, 0.6) is 0 Å². The Morgan fingerprint density at radius 3 is 2.61 bits per heavy atom. The van der Waals surface area contributed by atoms with Gasteiger partial charge in [-0.25, -0.2) is 18.6 Å². The van der Waals surface area contributed by atoms with E-state index < -0.39 is 28.8 Å². The van der Waals surface area contributed by atoms with E-state index in [4.69, 9.17) is 27.9 Å². The number of benzene rings is 2. The second-order valence-electron chi connectivity index (χ2n) is 8.02. The van der Waals surface area contributed by atoms with E-state index in [1.165, 1.54) is 12.1 Å². The maximum absolute atomic E-state index is 15.6. The lowest BCUT2D eigenvalue weighted by molar-refractivity contribution is 0.00750. The second-order valence-corrected chi connectivity index (χ2v) is 9.81. The number of halogens is 4. The van der Waals surface area contributed by atoms with Gasteiger partial charge in [0.2, 0.25) is 5.28 Å². The standard InChI is InChI=1S/C22H13Cl2F2N3O3S/c1-22(2,3)32-20(31)17-10(7-27)13-8(4-5-12(25)18(13)33-17)14-11(23)6-9-16(15(14)26)28-21(24)29-19(9)30/h4-6H,1-3H3,(H,28,29,30). The van der Waals surface area contributed by atoms with Gasteiger partial charge >= 0.3 is 5.97 Å². The molecule has 4 aromatic rings. The Labute approximate surface area is 199 Å². The minimum absolute atomic E-state index is 0.000512. The Morgan fingerprint density at radius 1 is 1.27 bits per heavy atom. The molecule has 0 aliphatic carbocycles. The summed E-state index contributed by atoms with van der Waals surface area (Å²) in [6, 6.07) is 5.43. The highest BCUT2D eigenvalue weighted by molar-refractivity contribution is 7.21. The van der Waals surface area contributed by atoms with Crippen molar-refractivity contribution in [2.24, 2.45) is 0 Å². The molecule has 0 amide bonds. The molecular weight excluding hydrogens is 495 g/mol. The zero-order valence-corrected chi connectivity index (χ0v) is 19.6. The largest absolute Gasteiger partial charge is 0.456 e. The zero-order chi connectivity index (χ0) is 24.2. The summed E-state index contributed by atoms with van der Waals surface area (Å²) >= 11 is 12.8. The highest BCUT2D eigenvalue weighted by Crippen LogP contribution is 2.44. The van der Waals surface area contributed by atoms with Gasteiger partial charge in [0, 0.05) is 10.9 Å². The molecule has 33 heavy (non-hydrogen) atoms. The Hall–Kier alpha value is -3.06. The molecule has 0 saturated carbocycles. The van der Waals surface area contributed by atoms with E-state index in [0.29, 0.717) is 0 Å². The van der Waals surface area contributed by atoms with Crippen LogP contribution in [0.1, 0.15) is 36.0 Å². The van der Waals surface area contributed by atoms with Crippen LogP contribution in [-0.4, -0.2) is 21.5 Å². The molecule has 0 unspecified atom stereocenters. The third-order valence-corrected chi connectivity index (χ3v) is 6.28. The Morgan fingerprint density at radius 2 is 1.97 bits per heavy atom. The van der Waals surface area contributed by atoms with Crippen LogP contribution in [-0.2, 0) is 4.74 Å². The predicted molar refractivity (Wildman–Crippen MR) is 123 cm³/mol. The van der Waals surface area contributed by atoms with Gasteiger partial charge in [0.15, 0.2) is 5.82 Å². The quantitative estimate of drug-likeness (QED) is 0.256. The first-order valence-corrected chi connectivity index (χ1v) is 11.0. The van der Waals surface area contributed by atoms with Crippen molar-refractivity contribution >= 4 is 61.5 Å². The van der Waals surface area contributed by atoms with Crippen LogP contribution in [0.4, 0.5) is 8.78 Å². The van der Waals surface area contributed by atoms with E-state index in [-0.39, 0.29) is 52.9 Å². The molecule has 4 rings (SSSR count). The molecule has 0 atom stereocenters. The van der Waals surface area contributed by atoms with Crippen molar-refractivity contribution in [3.05, 3.63) is 60.9 Å². The van der Waals surface area contributed by atoms with Crippen molar-refractivity contribution in [2.45, 2.75) is 26.4 Å². The number of hydrogen-bond donors (Lipinski definition) is 1. The summed E-state index contributed by atoms with van der Waals surface area (Å²) in [5.41, 5.74) is -2.23. The monoisotopic (exact) mass is 507 g/mol. The number of carbonyl (C=O) groups is 1. The van der Waals surface area contributed by atoms with Crippen LogP contribution in [0.3, 0.4) is 0 Å². The lowest BCUT2D eigenvalue weighted by atomic mass is 9.97. The second kappa shape index (κ2) is 8.06. The molecule has 11 heteroatoms. The number of nitrogens with zero attached hydrogens (tertiary/aromatic N) is 2. The topological polar surface area (TPSA) is 95.8 Å². The van der Waals surface area contributed by atoms with Gasteiger partial charge in [-0.1, -0.05) is 17.7 Å². The van der Waals surface area contributed by atoms with Gasteiger partial charge in [-0.05, 0) is 50.1 Å². The van der Waals surface area contributed by atoms with Crippen molar-refractivity contribution in [1.29, 1.82) is 5.26 Å². The van der Waals surface area contributed by atoms with E-state index in [0.717, 1.165) is 17.4 Å². The summed E-state index contributed by atoms with van der Waals surface area (Å²) in [5.74, 6) is -2.50. The van der Waals surface area contributed by atoms with E-state index >= 15 is 4.39 Å². The molecule has 0 fully saturated rings. The Bertz CT molecular complexity index is 1580. The lowest BCUT2D eigenvalue weighted by Gasteiger charge is -2.18. The molecule has 0 aliphatic heterocycles. The van der Waals surface area contributed by atoms with Crippen molar-refractivity contribution in [3.63, 3.8) is 0 Å². The van der Waals surface area contributed by atoms with Crippen LogP contribution >= 0.6 is 34.5 Å². The molecule has 2 heterocycles. The maximum atomic E-state index is 15.6. The minimum atomic E-state index is -0.979. The molecule has 168 valence electrons. The third-order valence-electron chi connectivity index (χ3n) is 4.62. The van der Waals surface area contributed by atoms with Crippen LogP contribution in [0.15, 0.2) is 23.0 Å². The fourth-order valence-corrected chi connectivity index (χ4v) is 4.90. The van der Waals surface area contributed by atoms with Gasteiger partial charge in [0.25, 0.3) is 5.56 Å². The Kier molecular flexibility index (Phi) is 5.65. The fourth-order valence-electron chi connectivity index (χ4n) is 3.38. The molecule has 1 N–H and O–H groups in total. The summed E-state index contributed by atoms with van der Waals surface area (Å²) in [5, 5.41) is 9.19. The van der Waals surface area contributed by atoms with Gasteiger partial charge in [0.05, 0.1) is 20.7 Å².